The number of ether oxygens (including phenoxy) is 1. The summed E-state index contributed by atoms with van der Waals surface area (Å²) in [6.07, 6.45) is 0.879. The van der Waals surface area contributed by atoms with Gasteiger partial charge in [0.1, 0.15) is 10.9 Å². The minimum Gasteiger partial charge on any atom is -0.494 e. The lowest BCUT2D eigenvalue weighted by Gasteiger charge is -2.05. The standard InChI is InChI=1S/C13H15ClN2O/c1-3-10-9-13(14)16(15-10)11-5-7-12(8-6-11)17-4-2/h5-9H,3-4H2,1-2H3. The Balaban J connectivity index is 2.29. The second-order valence-electron chi connectivity index (χ2n) is 3.65. The van der Waals surface area contributed by atoms with Crippen LogP contribution >= 0.6 is 11.6 Å². The maximum atomic E-state index is 6.13. The van der Waals surface area contributed by atoms with E-state index in [1.54, 1.807) is 4.68 Å². The van der Waals surface area contributed by atoms with Crippen LogP contribution in [0.1, 0.15) is 19.5 Å². The molecule has 1 aromatic carbocycles. The van der Waals surface area contributed by atoms with Crippen LogP contribution in [0.3, 0.4) is 0 Å². The van der Waals surface area contributed by atoms with Crippen molar-refractivity contribution in [3.8, 4) is 11.4 Å². The van der Waals surface area contributed by atoms with E-state index >= 15 is 0 Å². The molecular weight excluding hydrogens is 236 g/mol. The summed E-state index contributed by atoms with van der Waals surface area (Å²) >= 11 is 6.13. The molecule has 4 heteroatoms. The Morgan fingerprint density at radius 3 is 2.47 bits per heavy atom. The topological polar surface area (TPSA) is 27.1 Å². The Morgan fingerprint density at radius 1 is 1.24 bits per heavy atom. The monoisotopic (exact) mass is 250 g/mol. The number of hydrogen-bond acceptors (Lipinski definition) is 2. The van der Waals surface area contributed by atoms with E-state index in [0.717, 1.165) is 23.6 Å². The second kappa shape index (κ2) is 5.23. The van der Waals surface area contributed by atoms with Crippen molar-refractivity contribution < 1.29 is 4.74 Å². The highest BCUT2D eigenvalue weighted by atomic mass is 35.5. The van der Waals surface area contributed by atoms with E-state index in [9.17, 15) is 0 Å². The molecule has 0 aliphatic rings. The first-order chi connectivity index (χ1) is 8.24. The SMILES string of the molecule is CCOc1ccc(-n2nc(CC)cc2Cl)cc1. The zero-order valence-electron chi connectivity index (χ0n) is 9.98. The van der Waals surface area contributed by atoms with Crippen LogP contribution in [0.5, 0.6) is 5.75 Å². The zero-order chi connectivity index (χ0) is 12.3. The molecule has 3 nitrogen and oxygen atoms in total. The molecule has 90 valence electrons. The molecule has 0 unspecified atom stereocenters. The van der Waals surface area contributed by atoms with E-state index in [4.69, 9.17) is 16.3 Å². The van der Waals surface area contributed by atoms with Crippen molar-refractivity contribution in [2.24, 2.45) is 0 Å². The molecule has 2 rings (SSSR count). The van der Waals surface area contributed by atoms with Crippen LogP contribution in [0, 0.1) is 0 Å². The van der Waals surface area contributed by atoms with Crippen LogP contribution in [0.25, 0.3) is 5.69 Å². The number of aryl methyl sites for hydroxylation is 1. The average molecular weight is 251 g/mol. The molecule has 0 aliphatic carbocycles. The fraction of sp³-hybridized carbons (Fsp3) is 0.308. The molecule has 0 saturated carbocycles. The summed E-state index contributed by atoms with van der Waals surface area (Å²) in [5.41, 5.74) is 1.93. The number of benzene rings is 1. The number of halogens is 1. The van der Waals surface area contributed by atoms with Gasteiger partial charge in [-0.05, 0) is 43.7 Å². The van der Waals surface area contributed by atoms with Gasteiger partial charge in [-0.3, -0.25) is 0 Å². The molecular formula is C13H15ClN2O. The molecule has 0 N–H and O–H groups in total. The van der Waals surface area contributed by atoms with Gasteiger partial charge in [0, 0.05) is 0 Å². The van der Waals surface area contributed by atoms with Crippen LogP contribution in [-0.2, 0) is 6.42 Å². The smallest absolute Gasteiger partial charge is 0.133 e. The van der Waals surface area contributed by atoms with Crippen molar-refractivity contribution in [3.63, 3.8) is 0 Å². The molecule has 0 radical (unpaired) electrons. The van der Waals surface area contributed by atoms with E-state index in [1.165, 1.54) is 0 Å². The van der Waals surface area contributed by atoms with Crippen molar-refractivity contribution in [2.75, 3.05) is 6.61 Å². The van der Waals surface area contributed by atoms with Gasteiger partial charge in [0.25, 0.3) is 0 Å². The normalized spacial score (nSPS) is 10.5. The summed E-state index contributed by atoms with van der Waals surface area (Å²) in [7, 11) is 0. The first-order valence-electron chi connectivity index (χ1n) is 5.72. The quantitative estimate of drug-likeness (QED) is 0.831. The summed E-state index contributed by atoms with van der Waals surface area (Å²) in [6, 6.07) is 9.62. The fourth-order valence-corrected chi connectivity index (χ4v) is 1.87. The molecule has 0 atom stereocenters. The lowest BCUT2D eigenvalue weighted by molar-refractivity contribution is 0.340. The zero-order valence-corrected chi connectivity index (χ0v) is 10.7. The van der Waals surface area contributed by atoms with Gasteiger partial charge in [-0.2, -0.15) is 5.10 Å². The number of rotatable bonds is 4. The van der Waals surface area contributed by atoms with Gasteiger partial charge >= 0.3 is 0 Å². The van der Waals surface area contributed by atoms with Gasteiger partial charge < -0.3 is 4.74 Å². The highest BCUT2D eigenvalue weighted by Gasteiger charge is 2.06. The molecule has 0 aliphatic heterocycles. The lowest BCUT2D eigenvalue weighted by Crippen LogP contribution is -1.98. The first kappa shape index (κ1) is 12.0. The maximum Gasteiger partial charge on any atom is 0.133 e. The number of hydrogen-bond donors (Lipinski definition) is 0. The summed E-state index contributed by atoms with van der Waals surface area (Å²) < 4.78 is 7.12. The summed E-state index contributed by atoms with van der Waals surface area (Å²) in [6.45, 7) is 4.69. The maximum absolute atomic E-state index is 6.13. The molecule has 0 bridgehead atoms. The van der Waals surface area contributed by atoms with Gasteiger partial charge in [0.15, 0.2) is 0 Å². The van der Waals surface area contributed by atoms with Crippen LogP contribution in [0.2, 0.25) is 5.15 Å². The Kier molecular flexibility index (Phi) is 3.69. The minimum atomic E-state index is 0.631. The van der Waals surface area contributed by atoms with Crippen LogP contribution < -0.4 is 4.74 Å². The molecule has 0 amide bonds. The Labute approximate surface area is 106 Å². The highest BCUT2D eigenvalue weighted by molar-refractivity contribution is 6.29. The lowest BCUT2D eigenvalue weighted by atomic mass is 10.3. The Hall–Kier alpha value is -1.48. The van der Waals surface area contributed by atoms with Crippen molar-refractivity contribution in [2.45, 2.75) is 20.3 Å². The van der Waals surface area contributed by atoms with Gasteiger partial charge in [0.2, 0.25) is 0 Å². The van der Waals surface area contributed by atoms with E-state index in [-0.39, 0.29) is 0 Å². The van der Waals surface area contributed by atoms with E-state index in [0.29, 0.717) is 11.8 Å². The predicted octanol–water partition coefficient (Wildman–Crippen LogP) is 3.49. The average Bonchev–Trinajstić information content (AvgIpc) is 2.72. The van der Waals surface area contributed by atoms with E-state index in [2.05, 4.69) is 12.0 Å². The fourth-order valence-electron chi connectivity index (χ4n) is 1.61. The van der Waals surface area contributed by atoms with Gasteiger partial charge in [-0.15, -0.1) is 0 Å². The number of nitrogens with zero attached hydrogens (tertiary/aromatic N) is 2. The third-order valence-electron chi connectivity index (χ3n) is 2.47. The van der Waals surface area contributed by atoms with Gasteiger partial charge in [-0.1, -0.05) is 18.5 Å². The molecule has 0 saturated heterocycles. The third kappa shape index (κ3) is 2.61. The second-order valence-corrected chi connectivity index (χ2v) is 4.04. The first-order valence-corrected chi connectivity index (χ1v) is 6.10. The number of aromatic nitrogens is 2. The molecule has 0 fully saturated rings. The van der Waals surface area contributed by atoms with Crippen molar-refractivity contribution >= 4 is 11.6 Å². The predicted molar refractivity (Wildman–Crippen MR) is 69.1 cm³/mol. The molecule has 17 heavy (non-hydrogen) atoms. The largest absolute Gasteiger partial charge is 0.494 e. The summed E-state index contributed by atoms with van der Waals surface area (Å²) in [4.78, 5) is 0. The van der Waals surface area contributed by atoms with Crippen LogP contribution in [0.15, 0.2) is 30.3 Å². The van der Waals surface area contributed by atoms with Gasteiger partial charge in [-0.25, -0.2) is 4.68 Å². The Morgan fingerprint density at radius 2 is 1.94 bits per heavy atom. The van der Waals surface area contributed by atoms with E-state index < -0.39 is 0 Å². The minimum absolute atomic E-state index is 0.631. The summed E-state index contributed by atoms with van der Waals surface area (Å²) in [5.74, 6) is 0.857. The molecule has 1 heterocycles. The van der Waals surface area contributed by atoms with Gasteiger partial charge in [0.05, 0.1) is 18.0 Å². The highest BCUT2D eigenvalue weighted by Crippen LogP contribution is 2.20. The third-order valence-corrected chi connectivity index (χ3v) is 2.74. The Bertz CT molecular complexity index is 491. The van der Waals surface area contributed by atoms with Crippen molar-refractivity contribution in [1.29, 1.82) is 0 Å². The van der Waals surface area contributed by atoms with Crippen LogP contribution in [0.4, 0.5) is 0 Å². The van der Waals surface area contributed by atoms with E-state index in [1.807, 2.05) is 37.3 Å². The van der Waals surface area contributed by atoms with Crippen LogP contribution in [-0.4, -0.2) is 16.4 Å². The molecule has 2 aromatic rings. The molecule has 0 spiro atoms. The summed E-state index contributed by atoms with van der Waals surface area (Å²) in [5, 5.41) is 5.05. The molecule has 1 aromatic heterocycles. The van der Waals surface area contributed by atoms with Crippen molar-refractivity contribution in [3.05, 3.63) is 41.2 Å². The van der Waals surface area contributed by atoms with Crippen molar-refractivity contribution in [1.82, 2.24) is 9.78 Å².